The molecule has 1 aromatic rings. The fraction of sp³-hybridized carbons (Fsp3) is 0.333. The van der Waals surface area contributed by atoms with Crippen molar-refractivity contribution in [1.82, 2.24) is 0 Å². The molecule has 0 saturated heterocycles. The van der Waals surface area contributed by atoms with Gasteiger partial charge in [-0.15, -0.1) is 0 Å². The lowest BCUT2D eigenvalue weighted by Gasteiger charge is -2.13. The fourth-order valence-electron chi connectivity index (χ4n) is 1.19. The van der Waals surface area contributed by atoms with Crippen LogP contribution in [0.4, 0.5) is 14.5 Å². The van der Waals surface area contributed by atoms with E-state index < -0.39 is 23.8 Å². The van der Waals surface area contributed by atoms with Gasteiger partial charge in [0.1, 0.15) is 0 Å². The Kier molecular flexibility index (Phi) is 3.31. The molecule has 0 fully saturated rings. The second-order valence-corrected chi connectivity index (χ2v) is 3.12. The summed E-state index contributed by atoms with van der Waals surface area (Å²) in [5.41, 5.74) is 4.56. The first-order valence-corrected chi connectivity index (χ1v) is 4.26. The largest absolute Gasteiger partial charge is 0.325 e. The van der Waals surface area contributed by atoms with E-state index in [-0.39, 0.29) is 11.3 Å². The van der Waals surface area contributed by atoms with E-state index in [9.17, 15) is 18.9 Å². The molecule has 4 nitrogen and oxygen atoms in total. The number of benzene rings is 1. The van der Waals surface area contributed by atoms with Crippen LogP contribution in [-0.4, -0.2) is 17.4 Å². The van der Waals surface area contributed by atoms with Crippen LogP contribution in [0, 0.1) is 10.1 Å². The molecule has 0 aromatic heterocycles. The van der Waals surface area contributed by atoms with Gasteiger partial charge in [0, 0.05) is 18.1 Å². The molecule has 0 unspecified atom stereocenters. The highest BCUT2D eigenvalue weighted by atomic mass is 19.3. The summed E-state index contributed by atoms with van der Waals surface area (Å²) >= 11 is 0. The number of rotatable bonds is 4. The Hall–Kier alpha value is -1.56. The Bertz CT molecular complexity index is 369. The second kappa shape index (κ2) is 4.31. The van der Waals surface area contributed by atoms with Gasteiger partial charge in [0.15, 0.2) is 0 Å². The van der Waals surface area contributed by atoms with Crippen molar-refractivity contribution in [2.75, 3.05) is 6.54 Å². The minimum atomic E-state index is -3.11. The number of para-hydroxylation sites is 1. The standard InChI is InChI=1S/C9H10F2N2O2/c10-9(11,6-12)5-7-3-1-2-4-8(7)13(14)15/h1-4H,5-6,12H2. The molecule has 0 spiro atoms. The quantitative estimate of drug-likeness (QED) is 0.615. The van der Waals surface area contributed by atoms with Crippen molar-refractivity contribution in [2.24, 2.45) is 5.73 Å². The van der Waals surface area contributed by atoms with Crippen molar-refractivity contribution in [3.8, 4) is 0 Å². The molecule has 1 rings (SSSR count). The van der Waals surface area contributed by atoms with Gasteiger partial charge in [0.25, 0.3) is 11.6 Å². The molecule has 0 aliphatic rings. The Labute approximate surface area is 84.9 Å². The van der Waals surface area contributed by atoms with Crippen molar-refractivity contribution in [3.63, 3.8) is 0 Å². The number of nitro benzene ring substituents is 1. The first-order chi connectivity index (χ1) is 6.96. The topological polar surface area (TPSA) is 69.2 Å². The third kappa shape index (κ3) is 2.95. The maximum Gasteiger partial charge on any atom is 0.272 e. The van der Waals surface area contributed by atoms with Crippen LogP contribution >= 0.6 is 0 Å². The highest BCUT2D eigenvalue weighted by molar-refractivity contribution is 5.40. The van der Waals surface area contributed by atoms with E-state index >= 15 is 0 Å². The Morgan fingerprint density at radius 3 is 2.53 bits per heavy atom. The molecule has 2 N–H and O–H groups in total. The summed E-state index contributed by atoms with van der Waals surface area (Å²) < 4.78 is 25.9. The number of alkyl halides is 2. The van der Waals surface area contributed by atoms with E-state index in [0.717, 1.165) is 0 Å². The van der Waals surface area contributed by atoms with Crippen molar-refractivity contribution in [2.45, 2.75) is 12.3 Å². The van der Waals surface area contributed by atoms with Gasteiger partial charge in [0.2, 0.25) is 0 Å². The van der Waals surface area contributed by atoms with E-state index in [2.05, 4.69) is 0 Å². The van der Waals surface area contributed by atoms with E-state index in [1.807, 2.05) is 0 Å². The monoisotopic (exact) mass is 216 g/mol. The predicted molar refractivity (Wildman–Crippen MR) is 50.8 cm³/mol. The zero-order valence-electron chi connectivity index (χ0n) is 7.82. The normalized spacial score (nSPS) is 11.4. The summed E-state index contributed by atoms with van der Waals surface area (Å²) in [6, 6.07) is 5.42. The lowest BCUT2D eigenvalue weighted by molar-refractivity contribution is -0.385. The molecule has 0 bridgehead atoms. The first kappa shape index (κ1) is 11.5. The molecule has 0 aliphatic heterocycles. The van der Waals surface area contributed by atoms with Crippen LogP contribution in [0.15, 0.2) is 24.3 Å². The van der Waals surface area contributed by atoms with Crippen LogP contribution in [0.2, 0.25) is 0 Å². The summed E-state index contributed by atoms with van der Waals surface area (Å²) in [6.07, 6.45) is -0.708. The molecule has 0 amide bonds. The van der Waals surface area contributed by atoms with E-state index in [1.54, 1.807) is 0 Å². The molecule has 15 heavy (non-hydrogen) atoms. The van der Waals surface area contributed by atoms with Gasteiger partial charge >= 0.3 is 0 Å². The van der Waals surface area contributed by atoms with Gasteiger partial charge in [-0.1, -0.05) is 18.2 Å². The molecule has 1 aromatic carbocycles. The summed E-state index contributed by atoms with van der Waals surface area (Å²) in [5, 5.41) is 10.5. The fourth-order valence-corrected chi connectivity index (χ4v) is 1.19. The van der Waals surface area contributed by atoms with Crippen molar-refractivity contribution in [1.29, 1.82) is 0 Å². The number of hydrogen-bond acceptors (Lipinski definition) is 3. The van der Waals surface area contributed by atoms with E-state index in [0.29, 0.717) is 0 Å². The number of hydrogen-bond donors (Lipinski definition) is 1. The molecule has 0 atom stereocenters. The van der Waals surface area contributed by atoms with Crippen LogP contribution in [-0.2, 0) is 6.42 Å². The summed E-state index contributed by atoms with van der Waals surface area (Å²) in [7, 11) is 0. The van der Waals surface area contributed by atoms with Crippen LogP contribution in [0.1, 0.15) is 5.56 Å². The first-order valence-electron chi connectivity index (χ1n) is 4.26. The lowest BCUT2D eigenvalue weighted by atomic mass is 10.1. The third-order valence-corrected chi connectivity index (χ3v) is 1.94. The molecule has 0 heterocycles. The zero-order chi connectivity index (χ0) is 11.5. The van der Waals surface area contributed by atoms with Gasteiger partial charge in [-0.05, 0) is 0 Å². The molecule has 0 saturated carbocycles. The minimum absolute atomic E-state index is 0.00190. The number of nitro groups is 1. The van der Waals surface area contributed by atoms with Crippen molar-refractivity contribution >= 4 is 5.69 Å². The predicted octanol–water partition coefficient (Wildman–Crippen LogP) is 1.73. The van der Waals surface area contributed by atoms with Crippen LogP contribution in [0.3, 0.4) is 0 Å². The van der Waals surface area contributed by atoms with Gasteiger partial charge in [-0.25, -0.2) is 8.78 Å². The molecular weight excluding hydrogens is 206 g/mol. The van der Waals surface area contributed by atoms with Gasteiger partial charge < -0.3 is 5.73 Å². The minimum Gasteiger partial charge on any atom is -0.325 e. The summed E-state index contributed by atoms with van der Waals surface area (Å²) in [5.74, 6) is -3.11. The molecular formula is C9H10F2N2O2. The van der Waals surface area contributed by atoms with E-state index in [1.165, 1.54) is 24.3 Å². The number of nitrogens with two attached hydrogens (primary N) is 1. The van der Waals surface area contributed by atoms with Crippen LogP contribution < -0.4 is 5.73 Å². The lowest BCUT2D eigenvalue weighted by Crippen LogP contribution is -2.30. The zero-order valence-corrected chi connectivity index (χ0v) is 7.82. The van der Waals surface area contributed by atoms with Crippen LogP contribution in [0.25, 0.3) is 0 Å². The third-order valence-electron chi connectivity index (χ3n) is 1.94. The molecule has 0 aliphatic carbocycles. The molecule has 82 valence electrons. The summed E-state index contributed by atoms with van der Waals surface area (Å²) in [4.78, 5) is 9.85. The average molecular weight is 216 g/mol. The Morgan fingerprint density at radius 1 is 1.40 bits per heavy atom. The number of nitrogens with zero attached hydrogens (tertiary/aromatic N) is 1. The molecule has 0 radical (unpaired) electrons. The van der Waals surface area contributed by atoms with Crippen LogP contribution in [0.5, 0.6) is 0 Å². The van der Waals surface area contributed by atoms with Gasteiger partial charge in [0.05, 0.1) is 11.5 Å². The SMILES string of the molecule is NCC(F)(F)Cc1ccccc1[N+](=O)[O-]. The van der Waals surface area contributed by atoms with Crippen molar-refractivity contribution < 1.29 is 13.7 Å². The maximum absolute atomic E-state index is 12.9. The highest BCUT2D eigenvalue weighted by Gasteiger charge is 2.30. The van der Waals surface area contributed by atoms with E-state index in [4.69, 9.17) is 5.73 Å². The van der Waals surface area contributed by atoms with Gasteiger partial charge in [-0.3, -0.25) is 10.1 Å². The number of halogens is 2. The molecule has 6 heteroatoms. The van der Waals surface area contributed by atoms with Crippen molar-refractivity contribution in [3.05, 3.63) is 39.9 Å². The summed E-state index contributed by atoms with van der Waals surface area (Å²) in [6.45, 7) is -0.820. The van der Waals surface area contributed by atoms with Gasteiger partial charge in [-0.2, -0.15) is 0 Å². The Balaban J connectivity index is 2.99. The Morgan fingerprint density at radius 2 is 2.00 bits per heavy atom. The average Bonchev–Trinajstić information content (AvgIpc) is 2.18. The highest BCUT2D eigenvalue weighted by Crippen LogP contribution is 2.25. The smallest absolute Gasteiger partial charge is 0.272 e. The maximum atomic E-state index is 12.9. The second-order valence-electron chi connectivity index (χ2n) is 3.12.